The summed E-state index contributed by atoms with van der Waals surface area (Å²) in [6, 6.07) is 10.3. The molecule has 2 aromatic carbocycles. The molecule has 0 aliphatic carbocycles. The molecule has 0 bridgehead atoms. The molecule has 0 fully saturated rings. The van der Waals surface area contributed by atoms with E-state index in [1.807, 2.05) is 18.2 Å². The molecule has 0 spiro atoms. The zero-order valence-corrected chi connectivity index (χ0v) is 22.8. The van der Waals surface area contributed by atoms with Crippen molar-refractivity contribution in [1.29, 1.82) is 0 Å². The number of rotatable bonds is 13. The minimum absolute atomic E-state index is 0. The van der Waals surface area contributed by atoms with E-state index in [-0.39, 0.29) is 38.4 Å². The fourth-order valence-corrected chi connectivity index (χ4v) is 5.03. The third kappa shape index (κ3) is 9.41. The van der Waals surface area contributed by atoms with Crippen LogP contribution in [0.1, 0.15) is 100 Å². The molecule has 0 radical (unpaired) electrons. The second-order valence-electron chi connectivity index (χ2n) is 9.96. The number of unbranched alkanes of at least 4 members (excludes halogenated alkanes) is 4. The normalized spacial score (nSPS) is 11.5. The van der Waals surface area contributed by atoms with Crippen LogP contribution in [0.3, 0.4) is 0 Å². The second kappa shape index (κ2) is 15.0. The summed E-state index contributed by atoms with van der Waals surface area (Å²) in [5.41, 5.74) is 4.45. The van der Waals surface area contributed by atoms with Crippen LogP contribution in [-0.4, -0.2) is 37.6 Å². The zero-order chi connectivity index (χ0) is 24.4. The van der Waals surface area contributed by atoms with Gasteiger partial charge in [0.05, 0.1) is 13.2 Å². The van der Waals surface area contributed by atoms with Gasteiger partial charge < -0.3 is 9.47 Å². The molecule has 2 rings (SSSR count). The number of carbonyl (C=O) groups is 1. The van der Waals surface area contributed by atoms with E-state index < -0.39 is 0 Å². The van der Waals surface area contributed by atoms with Crippen molar-refractivity contribution in [3.63, 3.8) is 0 Å². The molecule has 0 aromatic heterocycles. The van der Waals surface area contributed by atoms with E-state index in [1.165, 1.54) is 18.4 Å². The van der Waals surface area contributed by atoms with Gasteiger partial charge in [0, 0.05) is 16.9 Å². The van der Waals surface area contributed by atoms with E-state index in [9.17, 15) is 4.79 Å². The topological polar surface area (TPSA) is 35.5 Å². The average Bonchev–Trinajstić information content (AvgIpc) is 2.74. The van der Waals surface area contributed by atoms with Crippen molar-refractivity contribution in [2.45, 2.75) is 92.4 Å². The van der Waals surface area contributed by atoms with Crippen molar-refractivity contribution in [3.05, 3.63) is 52.6 Å². The Morgan fingerprint density at radius 2 is 1.41 bits per heavy atom. The van der Waals surface area contributed by atoms with Crippen LogP contribution in [0.5, 0.6) is 11.5 Å². The van der Waals surface area contributed by atoms with Crippen molar-refractivity contribution in [2.24, 2.45) is 0 Å². The fraction of sp³-hybridized carbons (Fsp3) is 0.552. The van der Waals surface area contributed by atoms with Crippen molar-refractivity contribution in [1.82, 2.24) is 0 Å². The predicted octanol–water partition coefficient (Wildman–Crippen LogP) is 7.23. The summed E-state index contributed by atoms with van der Waals surface area (Å²) in [7, 11) is 0.0222. The van der Waals surface area contributed by atoms with Gasteiger partial charge in [-0.15, -0.1) is 0 Å². The number of ether oxygens (including phenoxy) is 2. The summed E-state index contributed by atoms with van der Waals surface area (Å²) >= 11 is 0. The molecule has 0 aliphatic rings. The van der Waals surface area contributed by atoms with E-state index in [1.54, 1.807) is 0 Å². The maximum atomic E-state index is 13.4. The van der Waals surface area contributed by atoms with Gasteiger partial charge in [0.2, 0.25) is 0 Å². The molecule has 5 heteroatoms. The molecule has 1 atom stereocenters. The van der Waals surface area contributed by atoms with Gasteiger partial charge >= 0.3 is 18.9 Å². The van der Waals surface area contributed by atoms with Gasteiger partial charge in [-0.1, -0.05) is 72.4 Å². The summed E-state index contributed by atoms with van der Waals surface area (Å²) < 4.78 is 12.1. The fourth-order valence-electron chi connectivity index (χ4n) is 3.83. The van der Waals surface area contributed by atoms with Gasteiger partial charge in [-0.25, -0.2) is 0 Å². The molecular formula is C29H44LiO3P. The van der Waals surface area contributed by atoms with E-state index in [4.69, 9.17) is 9.47 Å². The van der Waals surface area contributed by atoms with Crippen LogP contribution in [0, 0.1) is 13.8 Å². The predicted molar refractivity (Wildman–Crippen MR) is 151 cm³/mol. The minimum atomic E-state index is 0. The molecule has 0 saturated heterocycles. The Morgan fingerprint density at radius 1 is 0.853 bits per heavy atom. The number of hydrogen-bond donors (Lipinski definition) is 0. The van der Waals surface area contributed by atoms with Crippen LogP contribution in [0.25, 0.3) is 0 Å². The first-order chi connectivity index (χ1) is 15.7. The Balaban J connectivity index is 0.00000578. The van der Waals surface area contributed by atoms with E-state index >= 15 is 0 Å². The van der Waals surface area contributed by atoms with Crippen LogP contribution in [0.15, 0.2) is 30.3 Å². The van der Waals surface area contributed by atoms with Crippen LogP contribution in [0.2, 0.25) is 0 Å². The first-order valence-corrected chi connectivity index (χ1v) is 13.5. The molecule has 0 N–H and O–H groups in total. The van der Waals surface area contributed by atoms with Gasteiger partial charge in [-0.3, -0.25) is 4.79 Å². The molecule has 0 amide bonds. The summed E-state index contributed by atoms with van der Waals surface area (Å²) in [6.45, 7) is 16.5. The third-order valence-corrected chi connectivity index (χ3v) is 7.01. The molecular weight excluding hydrogens is 434 g/mol. The first kappa shape index (κ1) is 30.8. The summed E-state index contributed by atoms with van der Waals surface area (Å²) in [6.07, 6.45) is 6.70. The SMILES string of the molecule is CCCCCOc1ccc(PC(=O)c2c(C)cc(C(C)(C)C)cc2C)c(OCCCCC)c1.[LiH]. The van der Waals surface area contributed by atoms with Gasteiger partial charge in [0.1, 0.15) is 11.5 Å². The molecule has 1 unspecified atom stereocenters. The number of aryl methyl sites for hydroxylation is 2. The van der Waals surface area contributed by atoms with Crippen LogP contribution >= 0.6 is 8.58 Å². The quantitative estimate of drug-likeness (QED) is 0.173. The summed E-state index contributed by atoms with van der Waals surface area (Å²) in [5, 5.41) is 0.955. The van der Waals surface area contributed by atoms with Crippen molar-refractivity contribution < 1.29 is 14.3 Å². The van der Waals surface area contributed by atoms with Crippen molar-refractivity contribution in [2.75, 3.05) is 13.2 Å². The van der Waals surface area contributed by atoms with Gasteiger partial charge in [-0.2, -0.15) is 0 Å². The Kier molecular flexibility index (Phi) is 13.6. The first-order valence-electron chi connectivity index (χ1n) is 12.5. The average molecular weight is 479 g/mol. The number of benzene rings is 2. The monoisotopic (exact) mass is 478 g/mol. The number of hydrogen-bond acceptors (Lipinski definition) is 3. The van der Waals surface area contributed by atoms with Gasteiger partial charge in [0.15, 0.2) is 5.52 Å². The van der Waals surface area contributed by atoms with Crippen LogP contribution in [0.4, 0.5) is 0 Å². The van der Waals surface area contributed by atoms with E-state index in [0.29, 0.717) is 13.2 Å². The van der Waals surface area contributed by atoms with Gasteiger partial charge in [0.25, 0.3) is 0 Å². The Bertz CT molecular complexity index is 895. The standard InChI is InChI=1S/C29H43O3P.Li.H/c1-8-10-12-16-31-24-14-15-26(25(20-24)32-17-13-11-9-2)33-28(30)27-21(3)18-23(19-22(27)4)29(5,6)7;;/h14-15,18-20,33H,8-13,16-17H2,1-7H3;;. The van der Waals surface area contributed by atoms with Crippen molar-refractivity contribution >= 4 is 38.3 Å². The molecule has 3 nitrogen and oxygen atoms in total. The van der Waals surface area contributed by atoms with Gasteiger partial charge in [-0.05, 0) is 69.5 Å². The maximum absolute atomic E-state index is 13.4. The summed E-state index contributed by atoms with van der Waals surface area (Å²) in [5.74, 6) is 1.60. The number of carbonyl (C=O) groups excluding carboxylic acids is 1. The molecule has 184 valence electrons. The third-order valence-electron chi connectivity index (χ3n) is 5.85. The molecule has 0 aliphatic heterocycles. The molecule has 0 saturated carbocycles. The molecule has 0 heterocycles. The van der Waals surface area contributed by atoms with E-state index in [2.05, 4.69) is 60.6 Å². The van der Waals surface area contributed by atoms with E-state index in [0.717, 1.165) is 59.2 Å². The molecule has 34 heavy (non-hydrogen) atoms. The van der Waals surface area contributed by atoms with Crippen LogP contribution in [-0.2, 0) is 5.41 Å². The zero-order valence-electron chi connectivity index (χ0n) is 21.8. The molecule has 2 aromatic rings. The Labute approximate surface area is 221 Å². The summed E-state index contributed by atoms with van der Waals surface area (Å²) in [4.78, 5) is 13.4. The Morgan fingerprint density at radius 3 is 1.94 bits per heavy atom. The Hall–Kier alpha value is -1.26. The van der Waals surface area contributed by atoms with Crippen molar-refractivity contribution in [3.8, 4) is 11.5 Å². The second-order valence-corrected chi connectivity index (χ2v) is 11.2. The van der Waals surface area contributed by atoms with Crippen LogP contribution < -0.4 is 14.8 Å².